The SMILES string of the molecule is OCC1(c2ccccc2C(F)(F)F)CC(F)C1. The fraction of sp³-hybridized carbons (Fsp3) is 0.500. The maximum atomic E-state index is 12.9. The summed E-state index contributed by atoms with van der Waals surface area (Å²) in [5.74, 6) is 0. The molecule has 2 rings (SSSR count). The molecule has 1 aromatic carbocycles. The summed E-state index contributed by atoms with van der Waals surface area (Å²) in [6.45, 7) is -0.458. The molecule has 0 aromatic heterocycles. The van der Waals surface area contributed by atoms with Crippen molar-refractivity contribution < 1.29 is 22.7 Å². The molecule has 94 valence electrons. The van der Waals surface area contributed by atoms with Gasteiger partial charge in [0.15, 0.2) is 0 Å². The maximum Gasteiger partial charge on any atom is 0.416 e. The van der Waals surface area contributed by atoms with E-state index in [1.165, 1.54) is 18.2 Å². The molecule has 0 aliphatic heterocycles. The Hall–Kier alpha value is -1.10. The van der Waals surface area contributed by atoms with Crippen LogP contribution < -0.4 is 0 Å². The molecule has 1 saturated carbocycles. The molecular formula is C12H12F4O. The number of alkyl halides is 4. The van der Waals surface area contributed by atoms with Crippen molar-refractivity contribution in [3.63, 3.8) is 0 Å². The van der Waals surface area contributed by atoms with Crippen LogP contribution in [0.1, 0.15) is 24.0 Å². The Morgan fingerprint density at radius 2 is 1.82 bits per heavy atom. The number of benzene rings is 1. The molecule has 1 aromatic rings. The Balaban J connectivity index is 2.45. The number of hydrogen-bond donors (Lipinski definition) is 1. The summed E-state index contributed by atoms with van der Waals surface area (Å²) < 4.78 is 51.3. The topological polar surface area (TPSA) is 20.2 Å². The summed E-state index contributed by atoms with van der Waals surface area (Å²) in [5, 5.41) is 9.26. The summed E-state index contributed by atoms with van der Waals surface area (Å²) >= 11 is 0. The van der Waals surface area contributed by atoms with E-state index < -0.39 is 29.9 Å². The van der Waals surface area contributed by atoms with E-state index in [0.29, 0.717) is 0 Å². The molecule has 17 heavy (non-hydrogen) atoms. The minimum absolute atomic E-state index is 0.00361. The molecule has 5 heteroatoms. The van der Waals surface area contributed by atoms with Crippen LogP contribution in [0.4, 0.5) is 17.6 Å². The summed E-state index contributed by atoms with van der Waals surface area (Å²) in [6.07, 6.45) is -5.68. The van der Waals surface area contributed by atoms with Gasteiger partial charge in [0.2, 0.25) is 0 Å². The predicted molar refractivity (Wildman–Crippen MR) is 54.3 cm³/mol. The molecule has 1 fully saturated rings. The summed E-state index contributed by atoms with van der Waals surface area (Å²) in [6, 6.07) is 5.07. The maximum absolute atomic E-state index is 12.9. The molecule has 0 spiro atoms. The van der Waals surface area contributed by atoms with Gasteiger partial charge in [0.1, 0.15) is 6.17 Å². The molecule has 0 atom stereocenters. The van der Waals surface area contributed by atoms with Crippen LogP contribution >= 0.6 is 0 Å². The first-order valence-electron chi connectivity index (χ1n) is 5.31. The molecule has 1 aliphatic carbocycles. The third-order valence-electron chi connectivity index (χ3n) is 3.33. The highest BCUT2D eigenvalue weighted by Gasteiger charge is 2.49. The van der Waals surface area contributed by atoms with Crippen LogP contribution in [0.15, 0.2) is 24.3 Å². The molecular weight excluding hydrogens is 236 g/mol. The van der Waals surface area contributed by atoms with Gasteiger partial charge in [0.05, 0.1) is 12.2 Å². The standard InChI is InChI=1S/C12H12F4O/c13-8-5-11(6-8,7-17)9-3-1-2-4-10(9)12(14,15)16/h1-4,8,17H,5-7H2. The van der Waals surface area contributed by atoms with Gasteiger partial charge in [-0.15, -0.1) is 0 Å². The van der Waals surface area contributed by atoms with Crippen LogP contribution in [-0.4, -0.2) is 17.9 Å². The lowest BCUT2D eigenvalue weighted by molar-refractivity contribution is -0.139. The van der Waals surface area contributed by atoms with Crippen LogP contribution in [0.25, 0.3) is 0 Å². The van der Waals surface area contributed by atoms with Gasteiger partial charge in [0, 0.05) is 5.41 Å². The van der Waals surface area contributed by atoms with E-state index in [1.54, 1.807) is 0 Å². The molecule has 1 nitrogen and oxygen atoms in total. The first-order valence-corrected chi connectivity index (χ1v) is 5.31. The predicted octanol–water partition coefficient (Wildman–Crippen LogP) is 3.07. The Kier molecular flexibility index (Phi) is 2.89. The molecule has 0 bridgehead atoms. The van der Waals surface area contributed by atoms with Crippen molar-refractivity contribution in [2.75, 3.05) is 6.61 Å². The van der Waals surface area contributed by atoms with E-state index in [-0.39, 0.29) is 18.4 Å². The number of aliphatic hydroxyl groups excluding tert-OH is 1. The Morgan fingerprint density at radius 3 is 2.29 bits per heavy atom. The molecule has 0 saturated heterocycles. The van der Waals surface area contributed by atoms with E-state index in [2.05, 4.69) is 0 Å². The van der Waals surface area contributed by atoms with Crippen LogP contribution in [-0.2, 0) is 11.6 Å². The molecule has 0 unspecified atom stereocenters. The second-order valence-corrected chi connectivity index (χ2v) is 4.49. The minimum Gasteiger partial charge on any atom is -0.395 e. The monoisotopic (exact) mass is 248 g/mol. The summed E-state index contributed by atoms with van der Waals surface area (Å²) in [5.41, 5.74) is -1.84. The average molecular weight is 248 g/mol. The number of rotatable bonds is 2. The van der Waals surface area contributed by atoms with E-state index in [0.717, 1.165) is 6.07 Å². The minimum atomic E-state index is -4.47. The zero-order valence-corrected chi connectivity index (χ0v) is 8.97. The van der Waals surface area contributed by atoms with E-state index in [4.69, 9.17) is 0 Å². The first kappa shape index (κ1) is 12.4. The molecule has 1 N–H and O–H groups in total. The molecule has 1 aliphatic rings. The highest BCUT2D eigenvalue weighted by Crippen LogP contribution is 2.48. The number of halogens is 4. The van der Waals surface area contributed by atoms with Crippen molar-refractivity contribution in [2.45, 2.75) is 30.6 Å². The largest absolute Gasteiger partial charge is 0.416 e. The van der Waals surface area contributed by atoms with Crippen LogP contribution in [0.3, 0.4) is 0 Å². The second-order valence-electron chi connectivity index (χ2n) is 4.49. The third-order valence-corrected chi connectivity index (χ3v) is 3.33. The van der Waals surface area contributed by atoms with Crippen LogP contribution in [0, 0.1) is 0 Å². The van der Waals surface area contributed by atoms with Gasteiger partial charge in [-0.2, -0.15) is 13.2 Å². The quantitative estimate of drug-likeness (QED) is 0.797. The highest BCUT2D eigenvalue weighted by atomic mass is 19.4. The third kappa shape index (κ3) is 2.04. The second kappa shape index (κ2) is 3.98. The van der Waals surface area contributed by atoms with Gasteiger partial charge in [-0.1, -0.05) is 18.2 Å². The zero-order valence-electron chi connectivity index (χ0n) is 8.97. The van der Waals surface area contributed by atoms with Gasteiger partial charge in [-0.3, -0.25) is 0 Å². The average Bonchev–Trinajstić information content (AvgIpc) is 2.23. The molecule has 0 radical (unpaired) electrons. The number of hydrogen-bond acceptors (Lipinski definition) is 1. The lowest BCUT2D eigenvalue weighted by Crippen LogP contribution is -2.46. The van der Waals surface area contributed by atoms with Crippen molar-refractivity contribution in [1.82, 2.24) is 0 Å². The smallest absolute Gasteiger partial charge is 0.395 e. The van der Waals surface area contributed by atoms with E-state index in [1.807, 2.05) is 0 Å². The van der Waals surface area contributed by atoms with Gasteiger partial charge < -0.3 is 5.11 Å². The van der Waals surface area contributed by atoms with Crippen molar-refractivity contribution in [3.8, 4) is 0 Å². The molecule has 0 amide bonds. The first-order chi connectivity index (χ1) is 7.89. The zero-order chi connectivity index (χ0) is 12.7. The summed E-state index contributed by atoms with van der Waals surface area (Å²) in [7, 11) is 0. The van der Waals surface area contributed by atoms with Gasteiger partial charge >= 0.3 is 6.18 Å². The van der Waals surface area contributed by atoms with Gasteiger partial charge in [-0.05, 0) is 24.5 Å². The normalized spacial score (nSPS) is 28.9. The van der Waals surface area contributed by atoms with Crippen molar-refractivity contribution in [3.05, 3.63) is 35.4 Å². The highest BCUT2D eigenvalue weighted by molar-refractivity contribution is 5.39. The van der Waals surface area contributed by atoms with Gasteiger partial charge in [0.25, 0.3) is 0 Å². The lowest BCUT2D eigenvalue weighted by atomic mass is 9.63. The lowest BCUT2D eigenvalue weighted by Gasteiger charge is -2.44. The fourth-order valence-corrected chi connectivity index (χ4v) is 2.42. The Morgan fingerprint density at radius 1 is 1.24 bits per heavy atom. The van der Waals surface area contributed by atoms with Crippen LogP contribution in [0.5, 0.6) is 0 Å². The Labute approximate surface area is 96.1 Å². The van der Waals surface area contributed by atoms with Crippen molar-refractivity contribution in [1.29, 1.82) is 0 Å². The Bertz CT molecular complexity index is 407. The van der Waals surface area contributed by atoms with Crippen molar-refractivity contribution in [2.24, 2.45) is 0 Å². The van der Waals surface area contributed by atoms with Crippen LogP contribution in [0.2, 0.25) is 0 Å². The summed E-state index contributed by atoms with van der Waals surface area (Å²) in [4.78, 5) is 0. The van der Waals surface area contributed by atoms with E-state index in [9.17, 15) is 22.7 Å². The van der Waals surface area contributed by atoms with Crippen molar-refractivity contribution >= 4 is 0 Å². The van der Waals surface area contributed by atoms with Gasteiger partial charge in [-0.25, -0.2) is 4.39 Å². The molecule has 0 heterocycles. The fourth-order valence-electron chi connectivity index (χ4n) is 2.42. The number of aliphatic hydroxyl groups is 1. The van der Waals surface area contributed by atoms with E-state index >= 15 is 0 Å².